The van der Waals surface area contributed by atoms with Crippen molar-refractivity contribution in [1.82, 2.24) is 14.7 Å². The third kappa shape index (κ3) is 6.07. The number of amides is 1. The van der Waals surface area contributed by atoms with E-state index in [2.05, 4.69) is 50.0 Å². The van der Waals surface area contributed by atoms with E-state index in [1.54, 1.807) is 7.11 Å². The summed E-state index contributed by atoms with van der Waals surface area (Å²) >= 11 is 3.48. The molecule has 2 heterocycles. The molecular weight excluding hydrogens is 458 g/mol. The Bertz CT molecular complexity index is 851. The lowest BCUT2D eigenvalue weighted by molar-refractivity contribution is -0.136. The Hall–Kier alpha value is -1.93. The molecule has 1 amide bonds. The molecule has 2 aromatic carbocycles. The van der Waals surface area contributed by atoms with Crippen LogP contribution in [-0.2, 0) is 16.1 Å². The lowest BCUT2D eigenvalue weighted by atomic mass is 10.1. The second-order valence-electron chi connectivity index (χ2n) is 8.15. The van der Waals surface area contributed by atoms with Crippen molar-refractivity contribution in [2.45, 2.75) is 12.6 Å². The molecule has 6 nitrogen and oxygen atoms in total. The number of carbonyl (C=O) groups is 1. The van der Waals surface area contributed by atoms with Crippen LogP contribution in [0, 0.1) is 0 Å². The van der Waals surface area contributed by atoms with Crippen molar-refractivity contribution >= 4 is 21.8 Å². The predicted molar refractivity (Wildman–Crippen MR) is 124 cm³/mol. The SMILES string of the molecule is COc1ccc(CN2CCN(C(=O)CN3CCOC(c4ccc(Br)cc4)C3)CC2)cc1. The zero-order chi connectivity index (χ0) is 21.6. The smallest absolute Gasteiger partial charge is 0.236 e. The third-order valence-electron chi connectivity index (χ3n) is 6.04. The maximum atomic E-state index is 12.9. The first kappa shape index (κ1) is 22.3. The van der Waals surface area contributed by atoms with E-state index in [0.717, 1.165) is 61.6 Å². The van der Waals surface area contributed by atoms with Crippen LogP contribution in [0.4, 0.5) is 0 Å². The summed E-state index contributed by atoms with van der Waals surface area (Å²) in [6.45, 7) is 6.97. The number of benzene rings is 2. The first-order valence-corrected chi connectivity index (χ1v) is 11.6. The van der Waals surface area contributed by atoms with Gasteiger partial charge in [0.2, 0.25) is 5.91 Å². The number of piperazine rings is 1. The summed E-state index contributed by atoms with van der Waals surface area (Å²) in [5, 5.41) is 0. The Balaban J connectivity index is 1.23. The molecule has 1 unspecified atom stereocenters. The minimum atomic E-state index is 0.0241. The van der Waals surface area contributed by atoms with Crippen LogP contribution in [0.25, 0.3) is 0 Å². The Morgan fingerprint density at radius 3 is 2.39 bits per heavy atom. The first-order chi connectivity index (χ1) is 15.1. The van der Waals surface area contributed by atoms with Gasteiger partial charge in [-0.25, -0.2) is 0 Å². The van der Waals surface area contributed by atoms with Gasteiger partial charge in [-0.15, -0.1) is 0 Å². The number of hydrogen-bond donors (Lipinski definition) is 0. The van der Waals surface area contributed by atoms with Crippen LogP contribution in [0.15, 0.2) is 53.0 Å². The molecule has 0 N–H and O–H groups in total. The van der Waals surface area contributed by atoms with Gasteiger partial charge in [0.1, 0.15) is 5.75 Å². The Kier molecular flexibility index (Phi) is 7.61. The molecule has 2 fully saturated rings. The summed E-state index contributed by atoms with van der Waals surface area (Å²) in [7, 11) is 1.68. The topological polar surface area (TPSA) is 45.2 Å². The van der Waals surface area contributed by atoms with E-state index in [-0.39, 0.29) is 12.0 Å². The zero-order valence-corrected chi connectivity index (χ0v) is 19.6. The van der Waals surface area contributed by atoms with Crippen molar-refractivity contribution in [2.75, 3.05) is 59.5 Å². The van der Waals surface area contributed by atoms with Crippen molar-refractivity contribution < 1.29 is 14.3 Å². The van der Waals surface area contributed by atoms with Gasteiger partial charge < -0.3 is 14.4 Å². The lowest BCUT2D eigenvalue weighted by Gasteiger charge is -2.37. The average Bonchev–Trinajstić information content (AvgIpc) is 2.81. The van der Waals surface area contributed by atoms with Gasteiger partial charge in [0.25, 0.3) is 0 Å². The molecule has 2 saturated heterocycles. The minimum Gasteiger partial charge on any atom is -0.497 e. The van der Waals surface area contributed by atoms with Crippen molar-refractivity contribution in [3.8, 4) is 5.75 Å². The molecule has 0 spiro atoms. The van der Waals surface area contributed by atoms with E-state index < -0.39 is 0 Å². The molecule has 0 saturated carbocycles. The summed E-state index contributed by atoms with van der Waals surface area (Å²) < 4.78 is 12.2. The summed E-state index contributed by atoms with van der Waals surface area (Å²) in [5.74, 6) is 1.10. The van der Waals surface area contributed by atoms with Gasteiger partial charge in [0.15, 0.2) is 0 Å². The molecule has 1 atom stereocenters. The lowest BCUT2D eigenvalue weighted by Crippen LogP contribution is -2.52. The van der Waals surface area contributed by atoms with E-state index >= 15 is 0 Å². The molecular formula is C24H30BrN3O3. The fraction of sp³-hybridized carbons (Fsp3) is 0.458. The van der Waals surface area contributed by atoms with E-state index in [9.17, 15) is 4.79 Å². The number of morpholine rings is 1. The van der Waals surface area contributed by atoms with Crippen molar-refractivity contribution in [3.05, 3.63) is 64.1 Å². The highest BCUT2D eigenvalue weighted by Gasteiger charge is 2.27. The minimum absolute atomic E-state index is 0.0241. The molecule has 0 aliphatic carbocycles. The molecule has 0 aromatic heterocycles. The van der Waals surface area contributed by atoms with E-state index in [0.29, 0.717) is 13.2 Å². The second-order valence-corrected chi connectivity index (χ2v) is 9.07. The second kappa shape index (κ2) is 10.6. The molecule has 166 valence electrons. The van der Waals surface area contributed by atoms with Crippen LogP contribution in [0.1, 0.15) is 17.2 Å². The van der Waals surface area contributed by atoms with Gasteiger partial charge >= 0.3 is 0 Å². The van der Waals surface area contributed by atoms with E-state index in [1.807, 2.05) is 29.2 Å². The molecule has 31 heavy (non-hydrogen) atoms. The normalized spacial score (nSPS) is 20.6. The number of methoxy groups -OCH3 is 1. The van der Waals surface area contributed by atoms with Crippen molar-refractivity contribution in [2.24, 2.45) is 0 Å². The van der Waals surface area contributed by atoms with Gasteiger partial charge in [0, 0.05) is 50.3 Å². The molecule has 4 rings (SSSR count). The predicted octanol–water partition coefficient (Wildman–Crippen LogP) is 3.18. The summed E-state index contributed by atoms with van der Waals surface area (Å²) in [4.78, 5) is 19.5. The van der Waals surface area contributed by atoms with Crippen molar-refractivity contribution in [3.63, 3.8) is 0 Å². The number of nitrogens with zero attached hydrogens (tertiary/aromatic N) is 3. The van der Waals surface area contributed by atoms with E-state index in [4.69, 9.17) is 9.47 Å². The van der Waals surface area contributed by atoms with Gasteiger partial charge in [0.05, 0.1) is 26.4 Å². The maximum absolute atomic E-state index is 12.9. The molecule has 2 aliphatic rings. The van der Waals surface area contributed by atoms with Crippen LogP contribution >= 0.6 is 15.9 Å². The summed E-state index contributed by atoms with van der Waals surface area (Å²) in [5.41, 5.74) is 2.43. The Morgan fingerprint density at radius 2 is 1.71 bits per heavy atom. The first-order valence-electron chi connectivity index (χ1n) is 10.8. The third-order valence-corrected chi connectivity index (χ3v) is 6.57. The monoisotopic (exact) mass is 487 g/mol. The number of hydrogen-bond acceptors (Lipinski definition) is 5. The number of rotatable bonds is 6. The molecule has 7 heteroatoms. The highest BCUT2D eigenvalue weighted by molar-refractivity contribution is 9.10. The highest BCUT2D eigenvalue weighted by atomic mass is 79.9. The maximum Gasteiger partial charge on any atom is 0.236 e. The standard InChI is InChI=1S/C24H30BrN3O3/c1-30-22-8-2-19(3-9-22)16-26-10-12-28(13-11-26)24(29)18-27-14-15-31-23(17-27)20-4-6-21(25)7-5-20/h2-9,23H,10-18H2,1H3. The Labute approximate surface area is 192 Å². The number of ether oxygens (including phenoxy) is 2. The molecule has 2 aromatic rings. The van der Waals surface area contributed by atoms with Gasteiger partial charge in [-0.3, -0.25) is 14.6 Å². The summed E-state index contributed by atoms with van der Waals surface area (Å²) in [6, 6.07) is 16.5. The molecule has 0 radical (unpaired) electrons. The molecule has 2 aliphatic heterocycles. The highest BCUT2D eigenvalue weighted by Crippen LogP contribution is 2.24. The van der Waals surface area contributed by atoms with Crippen LogP contribution in [0.3, 0.4) is 0 Å². The van der Waals surface area contributed by atoms with E-state index in [1.165, 1.54) is 5.56 Å². The fourth-order valence-corrected chi connectivity index (χ4v) is 4.43. The van der Waals surface area contributed by atoms with Crippen LogP contribution in [0.5, 0.6) is 5.75 Å². The zero-order valence-electron chi connectivity index (χ0n) is 18.0. The quantitative estimate of drug-likeness (QED) is 0.625. The van der Waals surface area contributed by atoms with Gasteiger partial charge in [-0.2, -0.15) is 0 Å². The van der Waals surface area contributed by atoms with Crippen LogP contribution < -0.4 is 4.74 Å². The number of carbonyl (C=O) groups excluding carboxylic acids is 1. The number of halogens is 1. The van der Waals surface area contributed by atoms with Crippen LogP contribution in [-0.4, -0.2) is 80.1 Å². The average molecular weight is 488 g/mol. The fourth-order valence-electron chi connectivity index (χ4n) is 4.16. The molecule has 0 bridgehead atoms. The van der Waals surface area contributed by atoms with Crippen molar-refractivity contribution in [1.29, 1.82) is 0 Å². The Morgan fingerprint density at radius 1 is 1.00 bits per heavy atom. The largest absolute Gasteiger partial charge is 0.497 e. The van der Waals surface area contributed by atoms with Gasteiger partial charge in [-0.1, -0.05) is 40.2 Å². The summed E-state index contributed by atoms with van der Waals surface area (Å²) in [6.07, 6.45) is 0.0241. The van der Waals surface area contributed by atoms with Gasteiger partial charge in [-0.05, 0) is 35.4 Å². The van der Waals surface area contributed by atoms with Crippen LogP contribution in [0.2, 0.25) is 0 Å².